The van der Waals surface area contributed by atoms with Crippen molar-refractivity contribution in [1.82, 2.24) is 19.8 Å². The van der Waals surface area contributed by atoms with Gasteiger partial charge in [-0.05, 0) is 57.7 Å². The Bertz CT molecular complexity index is 781. The van der Waals surface area contributed by atoms with Crippen molar-refractivity contribution in [3.05, 3.63) is 47.4 Å². The summed E-state index contributed by atoms with van der Waals surface area (Å²) in [7, 11) is 1.96. The van der Waals surface area contributed by atoms with Crippen LogP contribution in [0.1, 0.15) is 47.4 Å². The smallest absolute Gasteiger partial charge is 0.255 e. The Morgan fingerprint density at radius 1 is 1.19 bits per heavy atom. The van der Waals surface area contributed by atoms with Gasteiger partial charge in [0, 0.05) is 42.8 Å². The van der Waals surface area contributed by atoms with Crippen LogP contribution in [0.25, 0.3) is 5.82 Å². The lowest BCUT2D eigenvalue weighted by molar-refractivity contribution is 0.0681. The molecule has 2 unspecified atom stereocenters. The summed E-state index contributed by atoms with van der Waals surface area (Å²) in [6.45, 7) is 4.04. The molecule has 5 nitrogen and oxygen atoms in total. The number of nitrogens with one attached hydrogen (secondary N) is 1. The number of piperidine rings is 1. The molecule has 1 amide bonds. The van der Waals surface area contributed by atoms with E-state index in [1.807, 2.05) is 50.1 Å². The van der Waals surface area contributed by atoms with Gasteiger partial charge in [-0.15, -0.1) is 24.8 Å². The maximum atomic E-state index is 13.2. The number of aryl methyl sites for hydroxylation is 1. The number of carbonyl (C=O) groups is 1. The van der Waals surface area contributed by atoms with E-state index in [1.165, 1.54) is 12.8 Å². The van der Waals surface area contributed by atoms with Gasteiger partial charge in [0.25, 0.3) is 5.91 Å². The minimum absolute atomic E-state index is 0. The van der Waals surface area contributed by atoms with Gasteiger partial charge in [0.05, 0.1) is 5.56 Å². The number of amides is 1. The molecule has 4 rings (SSSR count). The molecule has 0 aromatic carbocycles. The molecule has 148 valence electrons. The summed E-state index contributed by atoms with van der Waals surface area (Å²) in [5, 5.41) is 3.65. The fourth-order valence-corrected chi connectivity index (χ4v) is 4.52. The van der Waals surface area contributed by atoms with E-state index in [0.717, 1.165) is 35.6 Å². The Morgan fingerprint density at radius 3 is 2.44 bits per heavy atom. The van der Waals surface area contributed by atoms with Crippen molar-refractivity contribution in [2.24, 2.45) is 0 Å². The Kier molecular flexibility index (Phi) is 6.95. The van der Waals surface area contributed by atoms with Crippen LogP contribution in [0.5, 0.6) is 0 Å². The molecule has 2 aromatic heterocycles. The second-order valence-corrected chi connectivity index (χ2v) is 7.49. The van der Waals surface area contributed by atoms with Crippen molar-refractivity contribution in [3.63, 3.8) is 0 Å². The second kappa shape index (κ2) is 8.63. The van der Waals surface area contributed by atoms with Gasteiger partial charge >= 0.3 is 0 Å². The molecule has 2 bridgehead atoms. The van der Waals surface area contributed by atoms with E-state index in [9.17, 15) is 4.79 Å². The van der Waals surface area contributed by atoms with Crippen LogP contribution in [-0.2, 0) is 0 Å². The third kappa shape index (κ3) is 4.00. The topological polar surface area (TPSA) is 50.2 Å². The van der Waals surface area contributed by atoms with Gasteiger partial charge in [0.1, 0.15) is 5.82 Å². The van der Waals surface area contributed by atoms with Crippen molar-refractivity contribution in [2.45, 2.75) is 57.7 Å². The summed E-state index contributed by atoms with van der Waals surface area (Å²) in [5.41, 5.74) is 2.79. The van der Waals surface area contributed by atoms with Crippen LogP contribution in [0.4, 0.5) is 0 Å². The van der Waals surface area contributed by atoms with E-state index >= 15 is 0 Å². The zero-order valence-corrected chi connectivity index (χ0v) is 17.6. The average Bonchev–Trinajstić information content (AvgIpc) is 3.12. The Hall–Kier alpha value is -1.56. The minimum atomic E-state index is 0. The third-order valence-corrected chi connectivity index (χ3v) is 5.86. The van der Waals surface area contributed by atoms with Crippen molar-refractivity contribution >= 4 is 30.7 Å². The number of hydrogen-bond donors (Lipinski definition) is 1. The summed E-state index contributed by atoms with van der Waals surface area (Å²) in [4.78, 5) is 19.6. The number of pyridine rings is 1. The molecule has 27 heavy (non-hydrogen) atoms. The van der Waals surface area contributed by atoms with E-state index in [0.29, 0.717) is 18.1 Å². The van der Waals surface area contributed by atoms with Crippen molar-refractivity contribution in [2.75, 3.05) is 7.05 Å². The van der Waals surface area contributed by atoms with Crippen LogP contribution < -0.4 is 5.32 Å². The van der Waals surface area contributed by atoms with Gasteiger partial charge in [-0.25, -0.2) is 4.98 Å². The van der Waals surface area contributed by atoms with Crippen LogP contribution in [0.2, 0.25) is 0 Å². The van der Waals surface area contributed by atoms with E-state index in [-0.39, 0.29) is 30.7 Å². The standard InChI is InChI=1S/C20H26N4O.2ClH/c1-13-10-18(14(2)24(13)19-6-4-5-9-21-19)20(25)23(3)17-11-15-7-8-16(12-17)22-15;;/h4-6,9-10,15-17,22H,7-8,11-12H2,1-3H3;2*1H. The van der Waals surface area contributed by atoms with Crippen LogP contribution in [0.3, 0.4) is 0 Å². The van der Waals surface area contributed by atoms with Crippen molar-refractivity contribution < 1.29 is 4.79 Å². The minimum Gasteiger partial charge on any atom is -0.339 e. The molecule has 1 N–H and O–H groups in total. The zero-order valence-electron chi connectivity index (χ0n) is 16.0. The van der Waals surface area contributed by atoms with Gasteiger partial charge in [-0.1, -0.05) is 6.07 Å². The maximum absolute atomic E-state index is 13.2. The number of halogens is 2. The van der Waals surface area contributed by atoms with Gasteiger partial charge in [-0.2, -0.15) is 0 Å². The molecular weight excluding hydrogens is 383 g/mol. The Morgan fingerprint density at radius 2 is 1.85 bits per heavy atom. The van der Waals surface area contributed by atoms with Gasteiger partial charge < -0.3 is 14.8 Å². The average molecular weight is 411 g/mol. The quantitative estimate of drug-likeness (QED) is 0.838. The SMILES string of the molecule is Cc1cc(C(=O)N(C)C2CC3CCC(C2)N3)c(C)n1-c1ccccn1.Cl.Cl. The van der Waals surface area contributed by atoms with Crippen molar-refractivity contribution in [3.8, 4) is 5.82 Å². The number of fused-ring (bicyclic) bond motifs is 2. The molecular formula is C20H28Cl2N4O. The Balaban J connectivity index is 0.00000131. The highest BCUT2D eigenvalue weighted by molar-refractivity contribution is 5.96. The summed E-state index contributed by atoms with van der Waals surface area (Å²) >= 11 is 0. The van der Waals surface area contributed by atoms with Crippen LogP contribution in [-0.4, -0.2) is 45.5 Å². The van der Waals surface area contributed by atoms with Crippen LogP contribution in [0.15, 0.2) is 30.5 Å². The molecule has 0 spiro atoms. The number of aromatic nitrogens is 2. The molecule has 2 fully saturated rings. The number of rotatable bonds is 3. The fraction of sp³-hybridized carbons (Fsp3) is 0.500. The lowest BCUT2D eigenvalue weighted by atomic mass is 9.98. The molecule has 0 radical (unpaired) electrons. The monoisotopic (exact) mass is 410 g/mol. The van der Waals surface area contributed by atoms with E-state index < -0.39 is 0 Å². The first-order valence-corrected chi connectivity index (χ1v) is 9.18. The maximum Gasteiger partial charge on any atom is 0.255 e. The molecule has 0 aliphatic carbocycles. The fourth-order valence-electron chi connectivity index (χ4n) is 4.52. The van der Waals surface area contributed by atoms with Crippen LogP contribution >= 0.6 is 24.8 Å². The summed E-state index contributed by atoms with van der Waals surface area (Å²) in [6.07, 6.45) is 6.41. The third-order valence-electron chi connectivity index (χ3n) is 5.86. The summed E-state index contributed by atoms with van der Waals surface area (Å²) in [6, 6.07) is 9.35. The molecule has 2 aliphatic rings. The van der Waals surface area contributed by atoms with E-state index in [4.69, 9.17) is 0 Å². The number of hydrogen-bond acceptors (Lipinski definition) is 3. The molecule has 4 heterocycles. The highest BCUT2D eigenvalue weighted by Gasteiger charge is 2.37. The first-order chi connectivity index (χ1) is 12.0. The second-order valence-electron chi connectivity index (χ2n) is 7.49. The number of carbonyl (C=O) groups excluding carboxylic acids is 1. The lowest BCUT2D eigenvalue weighted by Crippen LogP contribution is -2.48. The molecule has 7 heteroatoms. The molecule has 2 aromatic rings. The van der Waals surface area contributed by atoms with Gasteiger partial charge in [0.15, 0.2) is 0 Å². The van der Waals surface area contributed by atoms with Crippen molar-refractivity contribution in [1.29, 1.82) is 0 Å². The summed E-state index contributed by atoms with van der Waals surface area (Å²) < 4.78 is 2.06. The highest BCUT2D eigenvalue weighted by Crippen LogP contribution is 2.30. The first kappa shape index (κ1) is 21.7. The molecule has 2 atom stereocenters. The van der Waals surface area contributed by atoms with Gasteiger partial charge in [0.2, 0.25) is 0 Å². The normalized spacial score (nSPS) is 23.3. The van der Waals surface area contributed by atoms with E-state index in [2.05, 4.69) is 14.9 Å². The largest absolute Gasteiger partial charge is 0.339 e. The highest BCUT2D eigenvalue weighted by atomic mass is 35.5. The molecule has 0 saturated carbocycles. The van der Waals surface area contributed by atoms with E-state index in [1.54, 1.807) is 6.20 Å². The lowest BCUT2D eigenvalue weighted by Gasteiger charge is -2.35. The molecule has 2 saturated heterocycles. The summed E-state index contributed by atoms with van der Waals surface area (Å²) in [5.74, 6) is 0.987. The first-order valence-electron chi connectivity index (χ1n) is 9.18. The zero-order chi connectivity index (χ0) is 17.6. The number of nitrogens with zero attached hydrogens (tertiary/aromatic N) is 3. The predicted molar refractivity (Wildman–Crippen MR) is 113 cm³/mol. The van der Waals surface area contributed by atoms with Gasteiger partial charge in [-0.3, -0.25) is 4.79 Å². The Labute approximate surface area is 173 Å². The predicted octanol–water partition coefficient (Wildman–Crippen LogP) is 3.69. The molecule has 2 aliphatic heterocycles. The van der Waals surface area contributed by atoms with Crippen LogP contribution in [0, 0.1) is 13.8 Å².